The molecule has 1 aliphatic rings. The van der Waals surface area contributed by atoms with Crippen molar-refractivity contribution < 1.29 is 19.1 Å². The number of halogens is 1. The first-order valence-corrected chi connectivity index (χ1v) is 9.03. The topological polar surface area (TPSA) is 73.4 Å². The van der Waals surface area contributed by atoms with Crippen LogP contribution in [0.3, 0.4) is 0 Å². The molecular formula is C22H19FN2O3. The lowest BCUT2D eigenvalue weighted by atomic mass is 9.96. The highest BCUT2D eigenvalue weighted by atomic mass is 19.1. The second-order valence-corrected chi connectivity index (χ2v) is 6.88. The fourth-order valence-electron chi connectivity index (χ4n) is 3.81. The Morgan fingerprint density at radius 1 is 1.18 bits per heavy atom. The summed E-state index contributed by atoms with van der Waals surface area (Å²) in [6, 6.07) is 12.8. The van der Waals surface area contributed by atoms with Gasteiger partial charge >= 0.3 is 0 Å². The average Bonchev–Trinajstić information content (AvgIpc) is 3.20. The van der Waals surface area contributed by atoms with Crippen molar-refractivity contribution in [2.45, 2.75) is 19.4 Å². The minimum absolute atomic E-state index is 0.0514. The van der Waals surface area contributed by atoms with E-state index in [2.05, 4.69) is 4.98 Å². The highest BCUT2D eigenvalue weighted by Crippen LogP contribution is 2.37. The summed E-state index contributed by atoms with van der Waals surface area (Å²) in [5.41, 5.74) is 2.68. The summed E-state index contributed by atoms with van der Waals surface area (Å²) in [6.07, 6.45) is 2.45. The van der Waals surface area contributed by atoms with Crippen molar-refractivity contribution in [3.05, 3.63) is 83.0 Å². The number of benzene rings is 2. The summed E-state index contributed by atoms with van der Waals surface area (Å²) in [4.78, 5) is 29.5. The summed E-state index contributed by atoms with van der Waals surface area (Å²) in [7, 11) is 0. The van der Waals surface area contributed by atoms with Gasteiger partial charge in [-0.1, -0.05) is 30.3 Å². The van der Waals surface area contributed by atoms with Crippen LogP contribution in [-0.4, -0.2) is 33.2 Å². The number of amides is 1. The highest BCUT2D eigenvalue weighted by Gasteiger charge is 2.42. The molecule has 5 nitrogen and oxygen atoms in total. The Balaban J connectivity index is 1.67. The Kier molecular flexibility index (Phi) is 4.47. The molecule has 0 saturated heterocycles. The molecule has 1 aliphatic heterocycles. The van der Waals surface area contributed by atoms with Crippen LogP contribution in [0.1, 0.15) is 24.1 Å². The predicted octanol–water partition coefficient (Wildman–Crippen LogP) is 3.83. The zero-order valence-electron chi connectivity index (χ0n) is 15.3. The lowest BCUT2D eigenvalue weighted by molar-refractivity contribution is -0.129. The van der Waals surface area contributed by atoms with E-state index in [4.69, 9.17) is 0 Å². The molecule has 6 heteroatoms. The van der Waals surface area contributed by atoms with Gasteiger partial charge in [0, 0.05) is 23.6 Å². The molecule has 0 unspecified atom stereocenters. The molecule has 0 radical (unpaired) electrons. The monoisotopic (exact) mass is 378 g/mol. The standard InChI is InChI=1S/C22H19FN2O3/c1-13(26)19-20(14-6-8-16(23)9-7-14)25(22(28)21(19)27)11-10-15-12-24-18-5-3-2-4-17(15)18/h2-9,12,20,24,27H,10-11H2,1H3/t20-/m0/s1. The SMILES string of the molecule is CC(=O)C1=C(O)C(=O)N(CCc2c[nH]c3ccccc23)[C@H]1c1ccc(F)cc1. The van der Waals surface area contributed by atoms with E-state index in [0.29, 0.717) is 18.5 Å². The molecule has 0 fully saturated rings. The van der Waals surface area contributed by atoms with Gasteiger partial charge in [0.1, 0.15) is 5.82 Å². The number of aliphatic hydroxyl groups is 1. The quantitative estimate of drug-likeness (QED) is 0.709. The van der Waals surface area contributed by atoms with E-state index in [1.165, 1.54) is 36.1 Å². The van der Waals surface area contributed by atoms with Crippen molar-refractivity contribution in [2.75, 3.05) is 6.54 Å². The summed E-state index contributed by atoms with van der Waals surface area (Å²) >= 11 is 0. The van der Waals surface area contributed by atoms with E-state index < -0.39 is 23.5 Å². The number of carbonyl (C=O) groups excluding carboxylic acids is 2. The largest absolute Gasteiger partial charge is 0.503 e. The summed E-state index contributed by atoms with van der Waals surface area (Å²) in [5, 5.41) is 11.4. The van der Waals surface area contributed by atoms with Crippen LogP contribution in [0, 0.1) is 5.82 Å². The number of aromatic amines is 1. The molecule has 2 heterocycles. The number of hydrogen-bond acceptors (Lipinski definition) is 3. The van der Waals surface area contributed by atoms with Crippen LogP contribution in [0.2, 0.25) is 0 Å². The molecule has 1 atom stereocenters. The Morgan fingerprint density at radius 2 is 1.89 bits per heavy atom. The lowest BCUT2D eigenvalue weighted by Gasteiger charge is -2.26. The van der Waals surface area contributed by atoms with Gasteiger partial charge in [-0.05, 0) is 42.7 Å². The Morgan fingerprint density at radius 3 is 2.61 bits per heavy atom. The van der Waals surface area contributed by atoms with E-state index >= 15 is 0 Å². The van der Waals surface area contributed by atoms with Gasteiger partial charge in [-0.15, -0.1) is 0 Å². The highest BCUT2D eigenvalue weighted by molar-refractivity contribution is 6.08. The number of hydrogen-bond donors (Lipinski definition) is 2. The number of H-pyrrole nitrogens is 1. The van der Waals surface area contributed by atoms with Crippen LogP contribution in [0.25, 0.3) is 10.9 Å². The number of Topliss-reactive ketones (excluding diaryl/α,β-unsaturated/α-hetero) is 1. The van der Waals surface area contributed by atoms with Crippen molar-refractivity contribution in [3.63, 3.8) is 0 Å². The van der Waals surface area contributed by atoms with Crippen LogP contribution in [0.15, 0.2) is 66.1 Å². The van der Waals surface area contributed by atoms with Gasteiger partial charge in [0.15, 0.2) is 11.5 Å². The lowest BCUT2D eigenvalue weighted by Crippen LogP contribution is -2.32. The van der Waals surface area contributed by atoms with Gasteiger partial charge < -0.3 is 15.0 Å². The molecule has 2 N–H and O–H groups in total. The zero-order valence-corrected chi connectivity index (χ0v) is 15.3. The molecule has 28 heavy (non-hydrogen) atoms. The molecular weight excluding hydrogens is 359 g/mol. The van der Waals surface area contributed by atoms with Crippen molar-refractivity contribution in [1.82, 2.24) is 9.88 Å². The summed E-state index contributed by atoms with van der Waals surface area (Å²) in [5.74, 6) is -1.90. The van der Waals surface area contributed by atoms with E-state index in [1.54, 1.807) is 0 Å². The number of aromatic nitrogens is 1. The van der Waals surface area contributed by atoms with E-state index in [0.717, 1.165) is 16.5 Å². The third-order valence-electron chi connectivity index (χ3n) is 5.17. The van der Waals surface area contributed by atoms with Crippen molar-refractivity contribution in [3.8, 4) is 0 Å². The molecule has 3 aromatic rings. The van der Waals surface area contributed by atoms with Crippen molar-refractivity contribution in [2.24, 2.45) is 0 Å². The average molecular weight is 378 g/mol. The number of rotatable bonds is 5. The second kappa shape index (κ2) is 6.96. The number of nitrogens with one attached hydrogen (secondary N) is 1. The summed E-state index contributed by atoms with van der Waals surface area (Å²) in [6.45, 7) is 1.63. The van der Waals surface area contributed by atoms with E-state index in [-0.39, 0.29) is 11.4 Å². The fourth-order valence-corrected chi connectivity index (χ4v) is 3.81. The fraction of sp³-hybridized carbons (Fsp3) is 0.182. The molecule has 0 saturated carbocycles. The van der Waals surface area contributed by atoms with Crippen LogP contribution < -0.4 is 0 Å². The number of fused-ring (bicyclic) bond motifs is 1. The van der Waals surface area contributed by atoms with Crippen molar-refractivity contribution >= 4 is 22.6 Å². The number of nitrogens with zero attached hydrogens (tertiary/aromatic N) is 1. The molecule has 0 spiro atoms. The first kappa shape index (κ1) is 18.0. The van der Waals surface area contributed by atoms with E-state index in [1.807, 2.05) is 30.5 Å². The van der Waals surface area contributed by atoms with Gasteiger partial charge in [-0.2, -0.15) is 0 Å². The number of carbonyl (C=O) groups is 2. The molecule has 1 amide bonds. The smallest absolute Gasteiger partial charge is 0.290 e. The zero-order chi connectivity index (χ0) is 19.8. The second-order valence-electron chi connectivity index (χ2n) is 6.88. The van der Waals surface area contributed by atoms with Gasteiger partial charge in [0.25, 0.3) is 5.91 Å². The molecule has 2 aromatic carbocycles. The first-order valence-electron chi connectivity index (χ1n) is 9.03. The van der Waals surface area contributed by atoms with Crippen LogP contribution >= 0.6 is 0 Å². The Labute approximate surface area is 161 Å². The van der Waals surface area contributed by atoms with E-state index in [9.17, 15) is 19.1 Å². The van der Waals surface area contributed by atoms with Gasteiger partial charge in [-0.25, -0.2) is 4.39 Å². The molecule has 142 valence electrons. The van der Waals surface area contributed by atoms with Gasteiger partial charge in [0.2, 0.25) is 0 Å². The van der Waals surface area contributed by atoms with Crippen LogP contribution in [0.4, 0.5) is 4.39 Å². The van der Waals surface area contributed by atoms with Crippen molar-refractivity contribution in [1.29, 1.82) is 0 Å². The van der Waals surface area contributed by atoms with Crippen LogP contribution in [-0.2, 0) is 16.0 Å². The maximum Gasteiger partial charge on any atom is 0.290 e. The molecule has 4 rings (SSSR count). The Hall–Kier alpha value is -3.41. The summed E-state index contributed by atoms with van der Waals surface area (Å²) < 4.78 is 13.3. The minimum Gasteiger partial charge on any atom is -0.503 e. The number of para-hydroxylation sites is 1. The minimum atomic E-state index is -0.726. The third kappa shape index (κ3) is 2.97. The Bertz CT molecular complexity index is 1100. The maximum atomic E-state index is 13.3. The molecule has 0 bridgehead atoms. The van der Waals surface area contributed by atoms with Gasteiger partial charge in [0.05, 0.1) is 11.6 Å². The maximum absolute atomic E-state index is 13.3. The normalized spacial score (nSPS) is 17.0. The predicted molar refractivity (Wildman–Crippen MR) is 103 cm³/mol. The first-order chi connectivity index (χ1) is 13.5. The third-order valence-corrected chi connectivity index (χ3v) is 5.17. The molecule has 0 aliphatic carbocycles. The van der Waals surface area contributed by atoms with Crippen LogP contribution in [0.5, 0.6) is 0 Å². The number of aliphatic hydroxyl groups excluding tert-OH is 1. The number of ketones is 1. The molecule has 1 aromatic heterocycles. The van der Waals surface area contributed by atoms with Gasteiger partial charge in [-0.3, -0.25) is 9.59 Å².